The molecule has 0 radical (unpaired) electrons. The fourth-order valence-electron chi connectivity index (χ4n) is 2.66. The van der Waals surface area contributed by atoms with Gasteiger partial charge in [-0.05, 0) is 30.7 Å². The normalized spacial score (nSPS) is 16.7. The molecule has 6 heteroatoms. The first-order valence-electron chi connectivity index (χ1n) is 7.51. The standard InChI is InChI=1S/C16H24N2O3.ClH/c17-15(11-19)10-13-6-8-18(9-7-13)16(20)21-12-14-4-2-1-3-5-14;/h1-5,13,15,19H,6-12,17H2;1H. The Bertz CT molecular complexity index is 436. The molecule has 1 heterocycles. The number of carbonyl (C=O) groups excluding carboxylic acids is 1. The lowest BCUT2D eigenvalue weighted by atomic mass is 9.91. The van der Waals surface area contributed by atoms with Gasteiger partial charge in [-0.3, -0.25) is 0 Å². The van der Waals surface area contributed by atoms with Crippen molar-refractivity contribution >= 4 is 18.5 Å². The van der Waals surface area contributed by atoms with Gasteiger partial charge in [-0.2, -0.15) is 0 Å². The van der Waals surface area contributed by atoms with Crippen molar-refractivity contribution in [3.8, 4) is 0 Å². The van der Waals surface area contributed by atoms with E-state index in [9.17, 15) is 4.79 Å². The maximum Gasteiger partial charge on any atom is 0.410 e. The number of halogens is 1. The number of rotatable bonds is 5. The van der Waals surface area contributed by atoms with Crippen LogP contribution in [0.5, 0.6) is 0 Å². The Morgan fingerprint density at radius 1 is 1.32 bits per heavy atom. The fraction of sp³-hybridized carbons (Fsp3) is 0.562. The van der Waals surface area contributed by atoms with Crippen LogP contribution in [0.3, 0.4) is 0 Å². The molecule has 1 aliphatic heterocycles. The Labute approximate surface area is 137 Å². The van der Waals surface area contributed by atoms with Gasteiger partial charge in [0, 0.05) is 19.1 Å². The van der Waals surface area contributed by atoms with Crippen LogP contribution < -0.4 is 5.73 Å². The number of amides is 1. The minimum Gasteiger partial charge on any atom is -0.445 e. The number of ether oxygens (including phenoxy) is 1. The number of hydrogen-bond donors (Lipinski definition) is 2. The van der Waals surface area contributed by atoms with Crippen molar-refractivity contribution in [1.82, 2.24) is 4.90 Å². The number of aliphatic hydroxyl groups is 1. The Morgan fingerprint density at radius 3 is 2.55 bits per heavy atom. The first-order chi connectivity index (χ1) is 10.2. The van der Waals surface area contributed by atoms with Crippen molar-refractivity contribution in [2.24, 2.45) is 11.7 Å². The second kappa shape index (κ2) is 9.66. The highest BCUT2D eigenvalue weighted by Crippen LogP contribution is 2.22. The summed E-state index contributed by atoms with van der Waals surface area (Å²) in [5.41, 5.74) is 6.75. The van der Waals surface area contributed by atoms with Gasteiger partial charge in [0.05, 0.1) is 6.61 Å². The molecule has 22 heavy (non-hydrogen) atoms. The average Bonchev–Trinajstić information content (AvgIpc) is 2.54. The maximum absolute atomic E-state index is 12.0. The molecular weight excluding hydrogens is 304 g/mol. The van der Waals surface area contributed by atoms with Gasteiger partial charge in [-0.25, -0.2) is 4.79 Å². The molecule has 0 aromatic heterocycles. The zero-order chi connectivity index (χ0) is 15.1. The van der Waals surface area contributed by atoms with Crippen molar-refractivity contribution < 1.29 is 14.6 Å². The summed E-state index contributed by atoms with van der Waals surface area (Å²) in [6, 6.07) is 9.53. The number of benzene rings is 1. The Morgan fingerprint density at radius 2 is 1.95 bits per heavy atom. The minimum absolute atomic E-state index is 0. The van der Waals surface area contributed by atoms with Gasteiger partial charge >= 0.3 is 6.09 Å². The Balaban J connectivity index is 0.00000242. The fourth-order valence-corrected chi connectivity index (χ4v) is 2.66. The lowest BCUT2D eigenvalue weighted by Gasteiger charge is -2.32. The second-order valence-electron chi connectivity index (χ2n) is 5.65. The summed E-state index contributed by atoms with van der Waals surface area (Å²) in [4.78, 5) is 13.7. The summed E-state index contributed by atoms with van der Waals surface area (Å²) >= 11 is 0. The van der Waals surface area contributed by atoms with E-state index in [1.165, 1.54) is 0 Å². The zero-order valence-electron chi connectivity index (χ0n) is 12.7. The Kier molecular flexibility index (Phi) is 8.24. The highest BCUT2D eigenvalue weighted by Gasteiger charge is 2.24. The number of likely N-dealkylation sites (tertiary alicyclic amines) is 1. The van der Waals surface area contributed by atoms with Crippen LogP contribution in [-0.2, 0) is 11.3 Å². The molecular formula is C16H25ClN2O3. The minimum atomic E-state index is -0.247. The van der Waals surface area contributed by atoms with Crippen LogP contribution in [0.4, 0.5) is 4.79 Å². The van der Waals surface area contributed by atoms with E-state index in [1.54, 1.807) is 4.90 Å². The third kappa shape index (κ3) is 5.83. The number of piperidine rings is 1. The van der Waals surface area contributed by atoms with E-state index < -0.39 is 0 Å². The van der Waals surface area contributed by atoms with Crippen LogP contribution >= 0.6 is 12.4 Å². The van der Waals surface area contributed by atoms with E-state index in [0.29, 0.717) is 25.6 Å². The molecule has 1 saturated heterocycles. The lowest BCUT2D eigenvalue weighted by Crippen LogP contribution is -2.40. The Hall–Kier alpha value is -1.30. The molecule has 1 unspecified atom stereocenters. The first kappa shape index (κ1) is 18.7. The van der Waals surface area contributed by atoms with Gasteiger partial charge in [0.1, 0.15) is 6.61 Å². The molecule has 1 aromatic rings. The van der Waals surface area contributed by atoms with Gasteiger partial charge in [0.2, 0.25) is 0 Å². The van der Waals surface area contributed by atoms with Crippen molar-refractivity contribution in [3.05, 3.63) is 35.9 Å². The molecule has 1 aromatic carbocycles. The number of nitrogens with zero attached hydrogens (tertiary/aromatic N) is 1. The first-order valence-corrected chi connectivity index (χ1v) is 7.51. The van der Waals surface area contributed by atoms with E-state index in [4.69, 9.17) is 15.6 Å². The molecule has 124 valence electrons. The second-order valence-corrected chi connectivity index (χ2v) is 5.65. The molecule has 3 N–H and O–H groups in total. The molecule has 1 atom stereocenters. The molecule has 1 amide bonds. The van der Waals surface area contributed by atoms with Crippen molar-refractivity contribution in [2.75, 3.05) is 19.7 Å². The topological polar surface area (TPSA) is 75.8 Å². The number of nitrogens with two attached hydrogens (primary N) is 1. The third-order valence-electron chi connectivity index (χ3n) is 3.95. The van der Waals surface area contributed by atoms with Gasteiger partial charge < -0.3 is 20.5 Å². The van der Waals surface area contributed by atoms with Crippen LogP contribution in [-0.4, -0.2) is 41.8 Å². The maximum atomic E-state index is 12.0. The molecule has 5 nitrogen and oxygen atoms in total. The van der Waals surface area contributed by atoms with E-state index in [2.05, 4.69) is 0 Å². The summed E-state index contributed by atoms with van der Waals surface area (Å²) in [5, 5.41) is 8.97. The molecule has 0 bridgehead atoms. The highest BCUT2D eigenvalue weighted by molar-refractivity contribution is 5.85. The van der Waals surface area contributed by atoms with E-state index >= 15 is 0 Å². The summed E-state index contributed by atoms with van der Waals surface area (Å²) < 4.78 is 5.33. The van der Waals surface area contributed by atoms with Crippen LogP contribution in [0, 0.1) is 5.92 Å². The lowest BCUT2D eigenvalue weighted by molar-refractivity contribution is 0.0800. The molecule has 0 saturated carbocycles. The summed E-state index contributed by atoms with van der Waals surface area (Å²) in [5.74, 6) is 0.491. The van der Waals surface area contributed by atoms with Gasteiger partial charge in [-0.15, -0.1) is 12.4 Å². The van der Waals surface area contributed by atoms with Crippen molar-refractivity contribution in [2.45, 2.75) is 31.9 Å². The predicted octanol–water partition coefficient (Wildman–Crippen LogP) is 2.17. The van der Waals surface area contributed by atoms with E-state index in [1.807, 2.05) is 30.3 Å². The quantitative estimate of drug-likeness (QED) is 0.868. The number of hydrogen-bond acceptors (Lipinski definition) is 4. The van der Waals surface area contributed by atoms with E-state index in [0.717, 1.165) is 24.8 Å². The third-order valence-corrected chi connectivity index (χ3v) is 3.95. The van der Waals surface area contributed by atoms with Gasteiger partial charge in [-0.1, -0.05) is 30.3 Å². The van der Waals surface area contributed by atoms with Gasteiger partial charge in [0.25, 0.3) is 0 Å². The van der Waals surface area contributed by atoms with Crippen molar-refractivity contribution in [3.63, 3.8) is 0 Å². The molecule has 1 fully saturated rings. The van der Waals surface area contributed by atoms with Gasteiger partial charge in [0.15, 0.2) is 0 Å². The highest BCUT2D eigenvalue weighted by atomic mass is 35.5. The molecule has 1 aliphatic rings. The SMILES string of the molecule is Cl.NC(CO)CC1CCN(C(=O)OCc2ccccc2)CC1. The average molecular weight is 329 g/mol. The predicted molar refractivity (Wildman–Crippen MR) is 87.9 cm³/mol. The summed E-state index contributed by atoms with van der Waals surface area (Å²) in [7, 11) is 0. The smallest absolute Gasteiger partial charge is 0.410 e. The van der Waals surface area contributed by atoms with Crippen LogP contribution in [0.2, 0.25) is 0 Å². The van der Waals surface area contributed by atoms with Crippen LogP contribution in [0.1, 0.15) is 24.8 Å². The van der Waals surface area contributed by atoms with E-state index in [-0.39, 0.29) is 31.1 Å². The monoisotopic (exact) mass is 328 g/mol. The van der Waals surface area contributed by atoms with Crippen LogP contribution in [0.25, 0.3) is 0 Å². The summed E-state index contributed by atoms with van der Waals surface area (Å²) in [6.07, 6.45) is 2.43. The van der Waals surface area contributed by atoms with Crippen molar-refractivity contribution in [1.29, 1.82) is 0 Å². The number of aliphatic hydroxyl groups excluding tert-OH is 1. The molecule has 0 aliphatic carbocycles. The zero-order valence-corrected chi connectivity index (χ0v) is 13.5. The molecule has 2 rings (SSSR count). The number of carbonyl (C=O) groups is 1. The largest absolute Gasteiger partial charge is 0.445 e. The van der Waals surface area contributed by atoms with Crippen LogP contribution in [0.15, 0.2) is 30.3 Å². The summed E-state index contributed by atoms with van der Waals surface area (Å²) in [6.45, 7) is 1.75. The molecule has 0 spiro atoms.